The van der Waals surface area contributed by atoms with Crippen LogP contribution >= 0.6 is 0 Å². The maximum atomic E-state index is 13.5. The summed E-state index contributed by atoms with van der Waals surface area (Å²) in [5.74, 6) is 2.14. The quantitative estimate of drug-likeness (QED) is 0.703. The van der Waals surface area contributed by atoms with E-state index >= 15 is 0 Å². The Balaban J connectivity index is 1.24. The molecule has 1 saturated heterocycles. The second-order valence-corrected chi connectivity index (χ2v) is 11.1. The molecule has 0 radical (unpaired) electrons. The van der Waals surface area contributed by atoms with Crippen molar-refractivity contribution in [2.24, 2.45) is 29.1 Å². The van der Waals surface area contributed by atoms with E-state index in [2.05, 4.69) is 10.6 Å². The molecule has 172 valence electrons. The van der Waals surface area contributed by atoms with E-state index in [1.165, 1.54) is 19.3 Å². The molecule has 4 saturated carbocycles. The number of anilines is 2. The molecule has 5 aliphatic rings. The van der Waals surface area contributed by atoms with E-state index in [9.17, 15) is 14.4 Å². The zero-order chi connectivity index (χ0) is 22.5. The van der Waals surface area contributed by atoms with Crippen LogP contribution in [-0.2, 0) is 14.4 Å². The van der Waals surface area contributed by atoms with Crippen LogP contribution in [0.4, 0.5) is 11.4 Å². The number of rotatable bonds is 6. The first-order valence-corrected chi connectivity index (χ1v) is 12.4. The summed E-state index contributed by atoms with van der Waals surface area (Å²) >= 11 is 0. The van der Waals surface area contributed by atoms with Gasteiger partial charge >= 0.3 is 0 Å². The van der Waals surface area contributed by atoms with E-state index in [1.807, 2.05) is 38.1 Å². The Morgan fingerprint density at radius 2 is 1.59 bits per heavy atom. The standard InChI is InChI=1S/C26H35N3O3/c1-16(2)23(28-25(32)26-13-17-10-18(14-26)12-19(11-17)15-26)24(31)27-20-5-7-21(8-6-20)29-9-3-4-22(29)30/h5-8,16-19,23H,3-4,9-15H2,1-2H3,(H,27,31)(H,28,32). The molecule has 1 heterocycles. The van der Waals surface area contributed by atoms with Crippen molar-refractivity contribution in [3.8, 4) is 0 Å². The second kappa shape index (κ2) is 8.20. The summed E-state index contributed by atoms with van der Waals surface area (Å²) in [6.07, 6.45) is 8.34. The van der Waals surface area contributed by atoms with Crippen molar-refractivity contribution < 1.29 is 14.4 Å². The summed E-state index contributed by atoms with van der Waals surface area (Å²) in [6.45, 7) is 4.70. The molecular weight excluding hydrogens is 402 g/mol. The molecule has 6 nitrogen and oxygen atoms in total. The number of hydrogen-bond acceptors (Lipinski definition) is 3. The number of nitrogens with one attached hydrogen (secondary N) is 2. The largest absolute Gasteiger partial charge is 0.344 e. The van der Waals surface area contributed by atoms with Gasteiger partial charge in [0.15, 0.2) is 0 Å². The van der Waals surface area contributed by atoms with E-state index in [0.717, 1.165) is 37.9 Å². The first-order valence-electron chi connectivity index (χ1n) is 12.4. The van der Waals surface area contributed by atoms with Crippen molar-refractivity contribution in [1.82, 2.24) is 5.32 Å². The maximum absolute atomic E-state index is 13.5. The van der Waals surface area contributed by atoms with E-state index in [4.69, 9.17) is 0 Å². The summed E-state index contributed by atoms with van der Waals surface area (Å²) in [6, 6.07) is 6.85. The summed E-state index contributed by atoms with van der Waals surface area (Å²) < 4.78 is 0. The monoisotopic (exact) mass is 437 g/mol. The van der Waals surface area contributed by atoms with Crippen LogP contribution in [0.3, 0.4) is 0 Å². The van der Waals surface area contributed by atoms with Crippen LogP contribution in [0.2, 0.25) is 0 Å². The van der Waals surface area contributed by atoms with Crippen LogP contribution in [0.5, 0.6) is 0 Å². The van der Waals surface area contributed by atoms with E-state index in [-0.39, 0.29) is 29.1 Å². The SMILES string of the molecule is CC(C)C(NC(=O)C12CC3CC(CC(C3)C1)C2)C(=O)Nc1ccc(N2CCCC2=O)cc1. The predicted molar refractivity (Wildman–Crippen MR) is 124 cm³/mol. The number of carbonyl (C=O) groups excluding carboxylic acids is 3. The molecule has 1 aromatic carbocycles. The summed E-state index contributed by atoms with van der Waals surface area (Å²) in [5.41, 5.74) is 1.28. The van der Waals surface area contributed by atoms with Gasteiger partial charge in [-0.15, -0.1) is 0 Å². The molecule has 0 aromatic heterocycles. The lowest BCUT2D eigenvalue weighted by molar-refractivity contribution is -0.148. The van der Waals surface area contributed by atoms with Crippen molar-refractivity contribution >= 4 is 29.1 Å². The third-order valence-electron chi connectivity index (χ3n) is 8.28. The van der Waals surface area contributed by atoms with Gasteiger partial charge in [-0.1, -0.05) is 13.8 Å². The van der Waals surface area contributed by atoms with Gasteiger partial charge in [-0.3, -0.25) is 14.4 Å². The van der Waals surface area contributed by atoms with E-state index in [0.29, 0.717) is 29.9 Å². The molecule has 6 rings (SSSR count). The molecule has 1 aliphatic heterocycles. The topological polar surface area (TPSA) is 78.5 Å². The van der Waals surface area contributed by atoms with Gasteiger partial charge in [-0.2, -0.15) is 0 Å². The molecular formula is C26H35N3O3. The molecule has 1 unspecified atom stereocenters. The van der Waals surface area contributed by atoms with Gasteiger partial charge in [0.05, 0.1) is 0 Å². The van der Waals surface area contributed by atoms with E-state index < -0.39 is 6.04 Å². The Labute approximate surface area is 190 Å². The molecule has 1 aromatic rings. The minimum absolute atomic E-state index is 0.00522. The average Bonchev–Trinajstić information content (AvgIpc) is 3.17. The highest BCUT2D eigenvalue weighted by molar-refractivity contribution is 5.99. The molecule has 0 spiro atoms. The van der Waals surface area contributed by atoms with Gasteiger partial charge in [0, 0.05) is 29.8 Å². The highest BCUT2D eigenvalue weighted by Crippen LogP contribution is 2.60. The van der Waals surface area contributed by atoms with Crippen LogP contribution in [-0.4, -0.2) is 30.3 Å². The molecule has 4 aliphatic carbocycles. The number of carbonyl (C=O) groups is 3. The predicted octanol–water partition coefficient (Wildman–Crippen LogP) is 4.11. The van der Waals surface area contributed by atoms with Gasteiger partial charge in [0.2, 0.25) is 17.7 Å². The van der Waals surface area contributed by atoms with Crippen LogP contribution in [0.25, 0.3) is 0 Å². The first-order chi connectivity index (χ1) is 15.3. The first kappa shape index (κ1) is 21.5. The van der Waals surface area contributed by atoms with Crippen LogP contribution in [0, 0.1) is 29.1 Å². The normalized spacial score (nSPS) is 31.8. The van der Waals surface area contributed by atoms with E-state index in [1.54, 1.807) is 4.90 Å². The van der Waals surface area contributed by atoms with Crippen LogP contribution < -0.4 is 15.5 Å². The third kappa shape index (κ3) is 3.93. The third-order valence-corrected chi connectivity index (χ3v) is 8.28. The number of nitrogens with zero attached hydrogens (tertiary/aromatic N) is 1. The Bertz CT molecular complexity index is 872. The molecule has 4 bridgehead atoms. The maximum Gasteiger partial charge on any atom is 0.247 e. The second-order valence-electron chi connectivity index (χ2n) is 11.1. The van der Waals surface area contributed by atoms with Crippen molar-refractivity contribution in [2.45, 2.75) is 71.3 Å². The number of amides is 3. The number of hydrogen-bond donors (Lipinski definition) is 2. The smallest absolute Gasteiger partial charge is 0.247 e. The fourth-order valence-corrected chi connectivity index (χ4v) is 7.08. The van der Waals surface area contributed by atoms with Gasteiger partial charge < -0.3 is 15.5 Å². The zero-order valence-corrected chi connectivity index (χ0v) is 19.2. The summed E-state index contributed by atoms with van der Waals surface area (Å²) in [7, 11) is 0. The van der Waals surface area contributed by atoms with Gasteiger partial charge in [-0.05, 0) is 92.9 Å². The molecule has 32 heavy (non-hydrogen) atoms. The Morgan fingerprint density at radius 1 is 1.00 bits per heavy atom. The highest BCUT2D eigenvalue weighted by Gasteiger charge is 2.55. The Morgan fingerprint density at radius 3 is 2.09 bits per heavy atom. The summed E-state index contributed by atoms with van der Waals surface area (Å²) in [5, 5.41) is 6.13. The van der Waals surface area contributed by atoms with Crippen LogP contribution in [0.1, 0.15) is 65.2 Å². The van der Waals surface area contributed by atoms with Crippen molar-refractivity contribution in [2.75, 3.05) is 16.8 Å². The minimum Gasteiger partial charge on any atom is -0.344 e. The Hall–Kier alpha value is -2.37. The van der Waals surface area contributed by atoms with Crippen molar-refractivity contribution in [1.29, 1.82) is 0 Å². The fourth-order valence-electron chi connectivity index (χ4n) is 7.08. The Kier molecular flexibility index (Phi) is 5.50. The molecule has 3 amide bonds. The lowest BCUT2D eigenvalue weighted by Crippen LogP contribution is -2.57. The molecule has 2 N–H and O–H groups in total. The van der Waals surface area contributed by atoms with Gasteiger partial charge in [0.1, 0.15) is 6.04 Å². The molecule has 1 atom stereocenters. The fraction of sp³-hybridized carbons (Fsp3) is 0.654. The van der Waals surface area contributed by atoms with Crippen LogP contribution in [0.15, 0.2) is 24.3 Å². The van der Waals surface area contributed by atoms with Gasteiger partial charge in [0.25, 0.3) is 0 Å². The van der Waals surface area contributed by atoms with Gasteiger partial charge in [-0.25, -0.2) is 0 Å². The van der Waals surface area contributed by atoms with Crippen molar-refractivity contribution in [3.63, 3.8) is 0 Å². The lowest BCUT2D eigenvalue weighted by Gasteiger charge is -2.55. The minimum atomic E-state index is -0.560. The highest BCUT2D eigenvalue weighted by atomic mass is 16.2. The summed E-state index contributed by atoms with van der Waals surface area (Å²) in [4.78, 5) is 40.3. The van der Waals surface area contributed by atoms with Crippen molar-refractivity contribution in [3.05, 3.63) is 24.3 Å². The molecule has 6 heteroatoms. The zero-order valence-electron chi connectivity index (χ0n) is 19.2. The molecule has 5 fully saturated rings. The number of benzene rings is 1. The lowest BCUT2D eigenvalue weighted by atomic mass is 9.49. The average molecular weight is 438 g/mol.